The molecule has 0 aromatic heterocycles. The number of fused-ring (bicyclic) bond motifs is 1. The largest absolute Gasteiger partial charge is 0.493 e. The molecule has 0 amide bonds. The molecular formula is C20H25NO3. The summed E-state index contributed by atoms with van der Waals surface area (Å²) in [6.07, 6.45) is 2.27. The van der Waals surface area contributed by atoms with Gasteiger partial charge in [-0.05, 0) is 48.6 Å². The van der Waals surface area contributed by atoms with Crippen LogP contribution in [0.15, 0.2) is 42.5 Å². The third kappa shape index (κ3) is 3.55. The van der Waals surface area contributed by atoms with Crippen molar-refractivity contribution in [1.29, 1.82) is 0 Å². The maximum atomic E-state index is 8.90. The van der Waals surface area contributed by atoms with Gasteiger partial charge < -0.3 is 19.9 Å². The van der Waals surface area contributed by atoms with Crippen molar-refractivity contribution in [2.24, 2.45) is 0 Å². The quantitative estimate of drug-likeness (QED) is 0.818. The van der Waals surface area contributed by atoms with Crippen molar-refractivity contribution in [1.82, 2.24) is 5.32 Å². The Labute approximate surface area is 143 Å². The number of methoxy groups -OCH3 is 1. The molecule has 24 heavy (non-hydrogen) atoms. The van der Waals surface area contributed by atoms with Crippen molar-refractivity contribution in [3.05, 3.63) is 59.2 Å². The van der Waals surface area contributed by atoms with Crippen LogP contribution in [0.1, 0.15) is 42.1 Å². The van der Waals surface area contributed by atoms with Gasteiger partial charge in [0, 0.05) is 12.1 Å². The fourth-order valence-corrected chi connectivity index (χ4v) is 3.36. The zero-order valence-electron chi connectivity index (χ0n) is 14.3. The standard InChI is InChI=1S/C20H25NO3/c1-14(21-18-9-7-15-5-3-4-6-17(15)18)16-8-10-19(24-12-11-22)20(13-16)23-2/h3-6,8,10,13-14,18,21-22H,7,9,11-12H2,1-2H3. The van der Waals surface area contributed by atoms with Gasteiger partial charge in [0.25, 0.3) is 0 Å². The highest BCUT2D eigenvalue weighted by Gasteiger charge is 2.23. The molecule has 0 saturated carbocycles. The van der Waals surface area contributed by atoms with Crippen LogP contribution >= 0.6 is 0 Å². The molecule has 0 heterocycles. The molecule has 0 saturated heterocycles. The predicted octanol–water partition coefficient (Wildman–Crippen LogP) is 3.40. The van der Waals surface area contributed by atoms with Crippen LogP contribution < -0.4 is 14.8 Å². The molecule has 2 aromatic rings. The third-order valence-electron chi connectivity index (χ3n) is 4.62. The predicted molar refractivity (Wildman–Crippen MR) is 94.6 cm³/mol. The first-order valence-corrected chi connectivity index (χ1v) is 8.48. The first-order chi connectivity index (χ1) is 11.7. The Morgan fingerprint density at radius 1 is 1.21 bits per heavy atom. The minimum absolute atomic E-state index is 0.00997. The second-order valence-electron chi connectivity index (χ2n) is 6.16. The van der Waals surface area contributed by atoms with E-state index in [1.165, 1.54) is 11.1 Å². The maximum absolute atomic E-state index is 8.90. The summed E-state index contributed by atoms with van der Waals surface area (Å²) < 4.78 is 10.9. The highest BCUT2D eigenvalue weighted by atomic mass is 16.5. The van der Waals surface area contributed by atoms with Crippen LogP contribution in [-0.4, -0.2) is 25.4 Å². The third-order valence-corrected chi connectivity index (χ3v) is 4.62. The molecule has 4 heteroatoms. The van der Waals surface area contributed by atoms with E-state index in [1.807, 2.05) is 18.2 Å². The van der Waals surface area contributed by atoms with E-state index >= 15 is 0 Å². The van der Waals surface area contributed by atoms with Crippen molar-refractivity contribution in [2.45, 2.75) is 31.8 Å². The first-order valence-electron chi connectivity index (χ1n) is 8.48. The smallest absolute Gasteiger partial charge is 0.161 e. The molecule has 0 aliphatic heterocycles. The second-order valence-corrected chi connectivity index (χ2v) is 6.16. The van der Waals surface area contributed by atoms with E-state index in [-0.39, 0.29) is 19.3 Å². The normalized spacial score (nSPS) is 17.4. The maximum Gasteiger partial charge on any atom is 0.161 e. The zero-order valence-corrected chi connectivity index (χ0v) is 14.3. The number of aliphatic hydroxyl groups is 1. The van der Waals surface area contributed by atoms with E-state index in [1.54, 1.807) is 7.11 Å². The van der Waals surface area contributed by atoms with Crippen LogP contribution in [0, 0.1) is 0 Å². The number of rotatable bonds is 7. The zero-order chi connectivity index (χ0) is 16.9. The molecule has 2 unspecified atom stereocenters. The Morgan fingerprint density at radius 3 is 2.83 bits per heavy atom. The molecule has 1 aliphatic rings. The van der Waals surface area contributed by atoms with Crippen LogP contribution in [0.25, 0.3) is 0 Å². The van der Waals surface area contributed by atoms with Gasteiger partial charge in [-0.1, -0.05) is 30.3 Å². The second kappa shape index (κ2) is 7.69. The van der Waals surface area contributed by atoms with Gasteiger partial charge in [-0.2, -0.15) is 0 Å². The molecule has 0 radical (unpaired) electrons. The van der Waals surface area contributed by atoms with Crippen molar-refractivity contribution in [3.8, 4) is 11.5 Å². The summed E-state index contributed by atoms with van der Waals surface area (Å²) in [5, 5.41) is 12.6. The van der Waals surface area contributed by atoms with Crippen LogP contribution in [-0.2, 0) is 6.42 Å². The van der Waals surface area contributed by atoms with Crippen molar-refractivity contribution in [3.63, 3.8) is 0 Å². The Bertz CT molecular complexity index is 686. The first kappa shape index (κ1) is 16.8. The van der Waals surface area contributed by atoms with Crippen molar-refractivity contribution >= 4 is 0 Å². The molecular weight excluding hydrogens is 302 g/mol. The summed E-state index contributed by atoms with van der Waals surface area (Å²) in [6, 6.07) is 15.2. The molecule has 1 aliphatic carbocycles. The van der Waals surface area contributed by atoms with Crippen LogP contribution in [0.2, 0.25) is 0 Å². The number of ether oxygens (including phenoxy) is 2. The Morgan fingerprint density at radius 2 is 2.04 bits per heavy atom. The molecule has 2 N–H and O–H groups in total. The lowest BCUT2D eigenvalue weighted by Crippen LogP contribution is -2.23. The van der Waals surface area contributed by atoms with Crippen molar-refractivity contribution in [2.75, 3.05) is 20.3 Å². The van der Waals surface area contributed by atoms with Gasteiger partial charge in [-0.15, -0.1) is 0 Å². The Hall–Kier alpha value is -2.04. The van der Waals surface area contributed by atoms with E-state index in [0.717, 1.165) is 18.4 Å². The summed E-state index contributed by atoms with van der Waals surface area (Å²) in [5.74, 6) is 1.36. The Balaban J connectivity index is 1.72. The summed E-state index contributed by atoms with van der Waals surface area (Å²) >= 11 is 0. The lowest BCUT2D eigenvalue weighted by atomic mass is 10.0. The SMILES string of the molecule is COc1cc(C(C)NC2CCc3ccccc32)ccc1OCCO. The minimum atomic E-state index is -0.00997. The lowest BCUT2D eigenvalue weighted by Gasteiger charge is -2.22. The fraction of sp³-hybridized carbons (Fsp3) is 0.400. The number of aliphatic hydroxyl groups excluding tert-OH is 1. The van der Waals surface area contributed by atoms with Crippen molar-refractivity contribution < 1.29 is 14.6 Å². The molecule has 2 aromatic carbocycles. The highest BCUT2D eigenvalue weighted by molar-refractivity contribution is 5.44. The monoisotopic (exact) mass is 327 g/mol. The van der Waals surface area contributed by atoms with Gasteiger partial charge >= 0.3 is 0 Å². The molecule has 2 atom stereocenters. The fourth-order valence-electron chi connectivity index (χ4n) is 3.36. The number of nitrogens with one attached hydrogen (secondary N) is 1. The molecule has 0 fully saturated rings. The molecule has 4 nitrogen and oxygen atoms in total. The van der Waals surface area contributed by atoms with E-state index in [9.17, 15) is 0 Å². The average Bonchev–Trinajstić information content (AvgIpc) is 3.02. The molecule has 0 bridgehead atoms. The average molecular weight is 327 g/mol. The number of hydrogen-bond donors (Lipinski definition) is 2. The number of aryl methyl sites for hydroxylation is 1. The van der Waals surface area contributed by atoms with Crippen LogP contribution in [0.3, 0.4) is 0 Å². The summed E-state index contributed by atoms with van der Waals surface area (Å²) in [5.41, 5.74) is 4.03. The van der Waals surface area contributed by atoms with Gasteiger partial charge in [0.05, 0.1) is 13.7 Å². The highest BCUT2D eigenvalue weighted by Crippen LogP contribution is 2.34. The van der Waals surface area contributed by atoms with Gasteiger partial charge in [0.1, 0.15) is 6.61 Å². The Kier molecular flexibility index (Phi) is 5.38. The summed E-state index contributed by atoms with van der Waals surface area (Å²) in [7, 11) is 1.64. The summed E-state index contributed by atoms with van der Waals surface area (Å²) in [4.78, 5) is 0. The topological polar surface area (TPSA) is 50.7 Å². The van der Waals surface area contributed by atoms with Gasteiger partial charge in [0.2, 0.25) is 0 Å². The van der Waals surface area contributed by atoms with Gasteiger partial charge in [0.15, 0.2) is 11.5 Å². The minimum Gasteiger partial charge on any atom is -0.493 e. The van der Waals surface area contributed by atoms with E-state index in [0.29, 0.717) is 17.5 Å². The van der Waals surface area contributed by atoms with Crippen LogP contribution in [0.5, 0.6) is 11.5 Å². The summed E-state index contributed by atoms with van der Waals surface area (Å²) in [6.45, 7) is 2.43. The molecule has 0 spiro atoms. The van der Waals surface area contributed by atoms with Gasteiger partial charge in [-0.25, -0.2) is 0 Å². The number of hydrogen-bond acceptors (Lipinski definition) is 4. The van der Waals surface area contributed by atoms with E-state index < -0.39 is 0 Å². The van der Waals surface area contributed by atoms with Gasteiger partial charge in [-0.3, -0.25) is 0 Å². The number of benzene rings is 2. The van der Waals surface area contributed by atoms with Crippen LogP contribution in [0.4, 0.5) is 0 Å². The lowest BCUT2D eigenvalue weighted by molar-refractivity contribution is 0.196. The molecule has 3 rings (SSSR count). The van der Waals surface area contributed by atoms with E-state index in [2.05, 4.69) is 36.5 Å². The van der Waals surface area contributed by atoms with E-state index in [4.69, 9.17) is 14.6 Å². The molecule has 128 valence electrons.